The van der Waals surface area contributed by atoms with Gasteiger partial charge in [-0.15, -0.1) is 0 Å². The van der Waals surface area contributed by atoms with E-state index in [1.54, 1.807) is 6.07 Å². The van der Waals surface area contributed by atoms with E-state index in [-0.39, 0.29) is 11.7 Å². The van der Waals surface area contributed by atoms with Crippen LogP contribution in [0.5, 0.6) is 0 Å². The van der Waals surface area contributed by atoms with Crippen LogP contribution in [0, 0.1) is 5.82 Å². The molecule has 4 N–H and O–H groups in total. The van der Waals surface area contributed by atoms with Gasteiger partial charge in [-0.05, 0) is 31.5 Å². The third kappa shape index (κ3) is 2.69. The number of rotatable bonds is 0. The summed E-state index contributed by atoms with van der Waals surface area (Å²) >= 11 is 0. The van der Waals surface area contributed by atoms with Crippen molar-refractivity contribution in [2.24, 2.45) is 0 Å². The van der Waals surface area contributed by atoms with Crippen molar-refractivity contribution in [2.75, 3.05) is 5.73 Å². The minimum Gasteiger partial charge on any atom is -0.383 e. The van der Waals surface area contributed by atoms with Crippen LogP contribution in [0.3, 0.4) is 0 Å². The van der Waals surface area contributed by atoms with Gasteiger partial charge >= 0.3 is 0 Å². The number of nitrogens with one attached hydrogen (secondary N) is 2. The van der Waals surface area contributed by atoms with Crippen LogP contribution in [-0.4, -0.2) is 26.9 Å². The molecule has 3 aromatic rings. The van der Waals surface area contributed by atoms with Crippen LogP contribution in [-0.2, 0) is 4.79 Å². The number of hydrogen-bond acceptors (Lipinski definition) is 4. The Morgan fingerprint density at radius 2 is 2.18 bits per heavy atom. The first-order valence-electron chi connectivity index (χ1n) is 7.01. The van der Waals surface area contributed by atoms with Crippen LogP contribution in [0.4, 0.5) is 10.2 Å². The first kappa shape index (κ1) is 14.2. The molecule has 6 nitrogen and oxygen atoms in total. The fourth-order valence-electron chi connectivity index (χ4n) is 2.49. The summed E-state index contributed by atoms with van der Waals surface area (Å²) in [7, 11) is 0. The number of nitrogens with two attached hydrogens (primary N) is 1. The molecule has 0 saturated carbocycles. The van der Waals surface area contributed by atoms with Gasteiger partial charge in [0.05, 0.1) is 10.9 Å². The molecular formula is C15H16FN5O. The number of amides is 1. The number of nitrogens with zero attached hydrogens (tertiary/aromatic N) is 2. The second kappa shape index (κ2) is 5.59. The lowest BCUT2D eigenvalue weighted by atomic mass is 10.2. The highest BCUT2D eigenvalue weighted by atomic mass is 19.1. The number of anilines is 1. The van der Waals surface area contributed by atoms with Crippen molar-refractivity contribution in [3.8, 4) is 0 Å². The van der Waals surface area contributed by atoms with E-state index in [1.165, 1.54) is 18.5 Å². The maximum absolute atomic E-state index is 13.0. The van der Waals surface area contributed by atoms with Gasteiger partial charge in [-0.3, -0.25) is 4.79 Å². The first-order valence-corrected chi connectivity index (χ1v) is 7.01. The molecule has 1 unspecified atom stereocenters. The number of halogens is 1. The molecule has 1 fully saturated rings. The molecule has 1 aromatic carbocycles. The van der Waals surface area contributed by atoms with E-state index in [1.807, 2.05) is 6.92 Å². The Bertz CT molecular complexity index is 844. The lowest BCUT2D eigenvalue weighted by Gasteiger charge is -1.95. The average molecular weight is 301 g/mol. The number of aromatic amines is 1. The second-order valence-electron chi connectivity index (χ2n) is 5.30. The lowest BCUT2D eigenvalue weighted by molar-refractivity contribution is -0.119. The molecule has 114 valence electrons. The summed E-state index contributed by atoms with van der Waals surface area (Å²) in [6.45, 7) is 2.02. The van der Waals surface area contributed by atoms with Crippen molar-refractivity contribution < 1.29 is 9.18 Å². The maximum atomic E-state index is 13.0. The Labute approximate surface area is 125 Å². The molecule has 1 amide bonds. The average Bonchev–Trinajstić information content (AvgIpc) is 3.02. The fraction of sp³-hybridized carbons (Fsp3) is 0.267. The molecule has 2 aromatic heterocycles. The predicted octanol–water partition coefficient (Wildman–Crippen LogP) is 2.12. The normalized spacial score (nSPS) is 17.4. The van der Waals surface area contributed by atoms with Gasteiger partial charge in [0.1, 0.15) is 23.6 Å². The SMILES string of the molecule is CC1CCC(=O)N1.Nc1ncnc2[nH]c3cc(F)ccc3c12. The summed E-state index contributed by atoms with van der Waals surface area (Å²) in [5, 5.41) is 4.36. The standard InChI is InChI=1S/C10H7FN4.C5H9NO/c11-5-1-2-6-7(3-5)15-10-8(6)9(12)13-4-14-10;1-4-2-3-5(7)6-4/h1-4H,(H3,12,13,14,15);4H,2-3H2,1H3,(H,6,7). The van der Waals surface area contributed by atoms with E-state index in [4.69, 9.17) is 5.73 Å². The van der Waals surface area contributed by atoms with Crippen molar-refractivity contribution in [1.82, 2.24) is 20.3 Å². The zero-order valence-electron chi connectivity index (χ0n) is 12.1. The van der Waals surface area contributed by atoms with Crippen molar-refractivity contribution in [2.45, 2.75) is 25.8 Å². The lowest BCUT2D eigenvalue weighted by Crippen LogP contribution is -2.21. The largest absolute Gasteiger partial charge is 0.383 e. The van der Waals surface area contributed by atoms with Crippen LogP contribution in [0.15, 0.2) is 24.5 Å². The Morgan fingerprint density at radius 1 is 1.36 bits per heavy atom. The Kier molecular flexibility index (Phi) is 3.62. The number of hydrogen-bond donors (Lipinski definition) is 3. The molecule has 0 aliphatic carbocycles. The zero-order chi connectivity index (χ0) is 15.7. The van der Waals surface area contributed by atoms with Crippen molar-refractivity contribution in [1.29, 1.82) is 0 Å². The Balaban J connectivity index is 0.000000174. The van der Waals surface area contributed by atoms with Crippen LogP contribution in [0.2, 0.25) is 0 Å². The third-order valence-corrected chi connectivity index (χ3v) is 3.59. The topological polar surface area (TPSA) is 96.7 Å². The minimum absolute atomic E-state index is 0.201. The summed E-state index contributed by atoms with van der Waals surface area (Å²) in [6.07, 6.45) is 3.11. The van der Waals surface area contributed by atoms with Gasteiger partial charge in [-0.1, -0.05) is 0 Å². The molecule has 1 aliphatic rings. The molecule has 0 bridgehead atoms. The molecule has 7 heteroatoms. The predicted molar refractivity (Wildman–Crippen MR) is 82.6 cm³/mol. The molecule has 1 saturated heterocycles. The minimum atomic E-state index is -0.291. The third-order valence-electron chi connectivity index (χ3n) is 3.59. The number of benzene rings is 1. The fourth-order valence-corrected chi connectivity index (χ4v) is 2.49. The van der Waals surface area contributed by atoms with Crippen LogP contribution < -0.4 is 11.1 Å². The molecule has 4 rings (SSSR count). The van der Waals surface area contributed by atoms with Gasteiger partial charge < -0.3 is 16.0 Å². The Hall–Kier alpha value is -2.70. The van der Waals surface area contributed by atoms with Crippen LogP contribution >= 0.6 is 0 Å². The quantitative estimate of drug-likeness (QED) is 0.592. The smallest absolute Gasteiger partial charge is 0.220 e. The van der Waals surface area contributed by atoms with E-state index in [0.717, 1.165) is 23.6 Å². The number of aromatic nitrogens is 3. The summed E-state index contributed by atoms with van der Waals surface area (Å²) in [4.78, 5) is 21.3. The molecule has 0 radical (unpaired) electrons. The van der Waals surface area contributed by atoms with Gasteiger partial charge in [0.2, 0.25) is 5.91 Å². The zero-order valence-corrected chi connectivity index (χ0v) is 12.1. The number of carbonyl (C=O) groups excluding carboxylic acids is 1. The highest BCUT2D eigenvalue weighted by Gasteiger charge is 2.14. The molecule has 22 heavy (non-hydrogen) atoms. The van der Waals surface area contributed by atoms with E-state index >= 15 is 0 Å². The highest BCUT2D eigenvalue weighted by molar-refractivity contribution is 6.10. The summed E-state index contributed by atoms with van der Waals surface area (Å²) < 4.78 is 13.0. The molecule has 0 spiro atoms. The van der Waals surface area contributed by atoms with Crippen LogP contribution in [0.1, 0.15) is 19.8 Å². The van der Waals surface area contributed by atoms with E-state index < -0.39 is 0 Å². The molecule has 3 heterocycles. The summed E-state index contributed by atoms with van der Waals surface area (Å²) in [5.41, 5.74) is 7.05. The molecular weight excluding hydrogens is 285 g/mol. The van der Waals surface area contributed by atoms with E-state index in [2.05, 4.69) is 20.3 Å². The van der Waals surface area contributed by atoms with E-state index in [0.29, 0.717) is 23.0 Å². The first-order chi connectivity index (χ1) is 10.5. The van der Waals surface area contributed by atoms with Gasteiger partial charge in [0.25, 0.3) is 0 Å². The van der Waals surface area contributed by atoms with Gasteiger partial charge in [-0.25, -0.2) is 14.4 Å². The van der Waals surface area contributed by atoms with Gasteiger partial charge in [0.15, 0.2) is 0 Å². The second-order valence-corrected chi connectivity index (χ2v) is 5.30. The molecule has 1 atom stereocenters. The number of carbonyl (C=O) groups is 1. The molecule has 1 aliphatic heterocycles. The highest BCUT2D eigenvalue weighted by Crippen LogP contribution is 2.27. The summed E-state index contributed by atoms with van der Waals surface area (Å²) in [6, 6.07) is 4.90. The number of H-pyrrole nitrogens is 1. The van der Waals surface area contributed by atoms with Crippen LogP contribution in [0.25, 0.3) is 21.9 Å². The number of nitrogen functional groups attached to an aromatic ring is 1. The Morgan fingerprint density at radius 3 is 2.82 bits per heavy atom. The van der Waals surface area contributed by atoms with Crippen molar-refractivity contribution in [3.63, 3.8) is 0 Å². The monoisotopic (exact) mass is 301 g/mol. The van der Waals surface area contributed by atoms with Gasteiger partial charge in [-0.2, -0.15) is 0 Å². The maximum Gasteiger partial charge on any atom is 0.220 e. The van der Waals surface area contributed by atoms with Crippen molar-refractivity contribution in [3.05, 3.63) is 30.3 Å². The number of fused-ring (bicyclic) bond motifs is 3. The van der Waals surface area contributed by atoms with Crippen molar-refractivity contribution >= 4 is 33.7 Å². The summed E-state index contributed by atoms with van der Waals surface area (Å²) in [5.74, 6) is 0.311. The van der Waals surface area contributed by atoms with E-state index in [9.17, 15) is 9.18 Å². The van der Waals surface area contributed by atoms with Gasteiger partial charge in [0, 0.05) is 17.8 Å².